The van der Waals surface area contributed by atoms with Gasteiger partial charge in [0.25, 0.3) is 0 Å². The van der Waals surface area contributed by atoms with E-state index in [-0.39, 0.29) is 116 Å². The third kappa shape index (κ3) is 49.2. The number of rotatable bonds is 32. The number of halogens is 4. The van der Waals surface area contributed by atoms with Crippen LogP contribution in [0.25, 0.3) is 0 Å². The standard InChI is InChI=1S/C19H29NO2.C19H28O.C18H24O4.C18H26O3.C17H23NO6.2CH2Cl2.CH4O/c1-13-9-15(12-17(10-13)19(3,4)5)11-16(14(2)21)7-8-18(22)20-6;1-7-8-9-17(15(3)20)12-16-10-14(2)11-18(13-16)19(4,5)6;1-5-6-7-13(16(19)20)8-12-9-14(17(21)22)11-15(10-12)18(2,3)4;1-12-8-14(11-16(9-12)18(3,4)5)10-15(13(2)19)6-7-17(20)21;1-17(2,3)13-8-10(7-12(9-13)16(22)23)6-11(15(20)21)4-5-14(19)18-24;2*2-1-3;1-2/h9-10,12,16H,7-8,11H2,1-6H3,(H,20,22);7,10-11,13,17H,1,8-9,12H2,2-6H3;5,9-11,13H,1,6-8H2,2-4H3,(H,19,20)(H,21,22);8-9,11,15H,6-7,10H2,1-5H3,(H,20,21);7-9,11,24H,4-6H2,1-3H3,(H,18,19)(H,20,21)(H,22,23);2*1H2;2H,1H3. The van der Waals surface area contributed by atoms with Gasteiger partial charge in [-0.15, -0.1) is 59.6 Å². The lowest BCUT2D eigenvalue weighted by Crippen LogP contribution is -2.23. The highest BCUT2D eigenvalue weighted by atomic mass is 35.5. The third-order valence-electron chi connectivity index (χ3n) is 19.0. The number of hydroxylamine groups is 1. The Labute approximate surface area is 718 Å². The van der Waals surface area contributed by atoms with Crippen LogP contribution in [0.15, 0.2) is 116 Å². The number of carbonyl (C=O) groups excluding carboxylic acids is 5. The number of carboxylic acids is 5. The molecular weight excluding hydrogens is 1570 g/mol. The van der Waals surface area contributed by atoms with Crippen molar-refractivity contribution in [3.63, 3.8) is 0 Å². The van der Waals surface area contributed by atoms with Crippen molar-refractivity contribution in [1.82, 2.24) is 10.8 Å². The number of benzene rings is 5. The largest absolute Gasteiger partial charge is 0.481 e. The molecular formula is C94H138Cl4N2O17. The predicted molar refractivity (Wildman–Crippen MR) is 477 cm³/mol. The Bertz CT molecular complexity index is 3980. The van der Waals surface area contributed by atoms with Gasteiger partial charge in [0.05, 0.1) is 33.6 Å². The molecule has 0 heterocycles. The quantitative estimate of drug-likeness (QED) is 0.00836. The van der Waals surface area contributed by atoms with Crippen LogP contribution in [-0.4, -0.2) is 120 Å². The number of hydrogen-bond acceptors (Lipinski definition) is 12. The molecule has 23 heteroatoms. The van der Waals surface area contributed by atoms with Crippen molar-refractivity contribution in [2.75, 3.05) is 24.8 Å². The van der Waals surface area contributed by atoms with Gasteiger partial charge in [-0.1, -0.05) is 199 Å². The molecule has 5 atom stereocenters. The zero-order valence-corrected chi connectivity index (χ0v) is 76.9. The highest BCUT2D eigenvalue weighted by molar-refractivity contribution is 6.41. The first-order valence-corrected chi connectivity index (χ1v) is 41.4. The monoisotopic (exact) mass is 1710 g/mol. The molecule has 654 valence electrons. The van der Waals surface area contributed by atoms with Crippen molar-refractivity contribution in [3.05, 3.63) is 200 Å². The average molecular weight is 1710 g/mol. The van der Waals surface area contributed by atoms with Gasteiger partial charge >= 0.3 is 29.8 Å². The number of ketones is 3. The lowest BCUT2D eigenvalue weighted by Gasteiger charge is -2.22. The first-order chi connectivity index (χ1) is 54.0. The maximum Gasteiger partial charge on any atom is 0.335 e. The number of carbonyl (C=O) groups is 10. The normalized spacial score (nSPS) is 12.3. The van der Waals surface area contributed by atoms with E-state index in [0.29, 0.717) is 56.9 Å². The smallest absolute Gasteiger partial charge is 0.335 e. The van der Waals surface area contributed by atoms with E-state index in [1.807, 2.05) is 53.7 Å². The van der Waals surface area contributed by atoms with Crippen molar-refractivity contribution in [2.24, 2.45) is 29.6 Å². The van der Waals surface area contributed by atoms with Crippen LogP contribution in [0.5, 0.6) is 0 Å². The molecule has 0 spiro atoms. The molecule has 0 aliphatic rings. The van der Waals surface area contributed by atoms with Crippen molar-refractivity contribution in [3.8, 4) is 0 Å². The van der Waals surface area contributed by atoms with Crippen LogP contribution in [0, 0.1) is 50.4 Å². The van der Waals surface area contributed by atoms with Crippen LogP contribution in [0.2, 0.25) is 0 Å². The van der Waals surface area contributed by atoms with E-state index in [1.54, 1.807) is 58.2 Å². The number of nitrogens with one attached hydrogen (secondary N) is 2. The van der Waals surface area contributed by atoms with Gasteiger partial charge in [-0.05, 0) is 226 Å². The molecule has 9 N–H and O–H groups in total. The molecule has 0 saturated carbocycles. The zero-order chi connectivity index (χ0) is 91.3. The SMILES string of the molecule is C=CCCC(Cc1cc(C(=O)O)cc(C(C)(C)C)c1)C(=O)O.C=CCCC(Cc1cc(C)cc(C(C)(C)C)c1)C(C)=O.CC(=O)C(CCC(=O)O)Cc1cc(C)cc(C(C)(C)C)c1.CC(C)(C)c1cc(CC(CCC(=O)NO)C(=O)O)cc(C(=O)O)c1.CNC(=O)CCC(Cc1cc(C)cc(C(C)(C)C)c1)C(C)=O.CO.ClCCl.ClCCl. The number of aromatic carboxylic acids is 2. The maximum absolute atomic E-state index is 11.9. The van der Waals surface area contributed by atoms with E-state index in [2.05, 4.69) is 156 Å². The van der Waals surface area contributed by atoms with Crippen molar-refractivity contribution in [2.45, 2.75) is 269 Å². The molecule has 117 heavy (non-hydrogen) atoms. The number of hydrogen-bond donors (Lipinski definition) is 9. The number of aliphatic carboxylic acids is 3. The summed E-state index contributed by atoms with van der Waals surface area (Å²) in [5, 5.41) is 64.4. The van der Waals surface area contributed by atoms with Crippen LogP contribution in [0.4, 0.5) is 0 Å². The molecule has 5 aromatic rings. The second kappa shape index (κ2) is 56.4. The lowest BCUT2D eigenvalue weighted by atomic mass is 9.83. The van der Waals surface area contributed by atoms with Crippen LogP contribution in [0.1, 0.15) is 282 Å². The summed E-state index contributed by atoms with van der Waals surface area (Å²) < 4.78 is 0. The number of carboxylic acid groups (broad SMARTS) is 5. The number of aliphatic hydroxyl groups excluding tert-OH is 1. The summed E-state index contributed by atoms with van der Waals surface area (Å²) in [6, 6.07) is 29.6. The fourth-order valence-electron chi connectivity index (χ4n) is 12.1. The van der Waals surface area contributed by atoms with Crippen molar-refractivity contribution >= 4 is 105 Å². The Kier molecular flexibility index (Phi) is 54.5. The van der Waals surface area contributed by atoms with Gasteiger partial charge in [-0.2, -0.15) is 0 Å². The number of aliphatic hydroxyl groups is 1. The fourth-order valence-corrected chi connectivity index (χ4v) is 12.1. The third-order valence-corrected chi connectivity index (χ3v) is 19.0. The predicted octanol–water partition coefficient (Wildman–Crippen LogP) is 21.0. The van der Waals surface area contributed by atoms with Gasteiger partial charge in [0.2, 0.25) is 11.8 Å². The van der Waals surface area contributed by atoms with E-state index in [1.165, 1.54) is 56.1 Å². The molecule has 0 fully saturated rings. The zero-order valence-electron chi connectivity index (χ0n) is 73.9. The number of Topliss-reactive ketones (excluding diaryl/α,β-unsaturated/α-hetero) is 3. The second-order valence-electron chi connectivity index (χ2n) is 34.5. The molecule has 0 saturated heterocycles. The summed E-state index contributed by atoms with van der Waals surface area (Å²) in [6.45, 7) is 50.1. The highest BCUT2D eigenvalue weighted by Gasteiger charge is 2.27. The van der Waals surface area contributed by atoms with Crippen LogP contribution in [-0.2, 0) is 97.5 Å². The molecule has 5 unspecified atom stereocenters. The Hall–Kier alpha value is -8.04. The van der Waals surface area contributed by atoms with Gasteiger partial charge in [0, 0.05) is 51.2 Å². The molecule has 2 amide bonds. The fraction of sp³-hybridized carbons (Fsp3) is 0.532. The summed E-state index contributed by atoms with van der Waals surface area (Å²) in [7, 11) is 2.63. The Morgan fingerprint density at radius 2 is 0.598 bits per heavy atom. The van der Waals surface area contributed by atoms with Crippen LogP contribution >= 0.6 is 46.4 Å². The minimum absolute atomic E-state index is 0.00845. The molecule has 19 nitrogen and oxygen atoms in total. The molecule has 0 aliphatic heterocycles. The van der Waals surface area contributed by atoms with Gasteiger partial charge in [-0.3, -0.25) is 43.6 Å². The summed E-state index contributed by atoms with van der Waals surface area (Å²) in [5.74, 6) is -6.58. The van der Waals surface area contributed by atoms with Crippen molar-refractivity contribution in [1.29, 1.82) is 0 Å². The maximum atomic E-state index is 11.9. The number of amides is 2. The molecule has 0 aliphatic carbocycles. The molecule has 0 radical (unpaired) electrons. The van der Waals surface area contributed by atoms with Gasteiger partial charge in [0.15, 0.2) is 0 Å². The summed E-state index contributed by atoms with van der Waals surface area (Å²) in [5.41, 5.74) is 15.8. The Morgan fingerprint density at radius 1 is 0.368 bits per heavy atom. The Balaban J connectivity index is -0.00000136. The van der Waals surface area contributed by atoms with Gasteiger partial charge in [-0.25, -0.2) is 15.1 Å². The Morgan fingerprint density at radius 3 is 0.838 bits per heavy atom. The number of allylic oxidation sites excluding steroid dienone is 2. The minimum atomic E-state index is -1.08. The van der Waals surface area contributed by atoms with Crippen LogP contribution < -0.4 is 10.8 Å². The summed E-state index contributed by atoms with van der Waals surface area (Å²) in [6.07, 6.45) is 10.5. The van der Waals surface area contributed by atoms with Gasteiger partial charge < -0.3 is 36.0 Å². The minimum Gasteiger partial charge on any atom is -0.481 e. The highest BCUT2D eigenvalue weighted by Crippen LogP contribution is 2.33. The summed E-state index contributed by atoms with van der Waals surface area (Å²) in [4.78, 5) is 114. The molecule has 5 rings (SSSR count). The average Bonchev–Trinajstić information content (AvgIpc) is 0.846. The molecule has 0 aromatic heterocycles. The topological polar surface area (TPSA) is 336 Å². The van der Waals surface area contributed by atoms with E-state index in [0.717, 1.165) is 48.6 Å². The number of aryl methyl sites for hydroxylation is 3. The number of alkyl halides is 4. The first kappa shape index (κ1) is 113. The molecule has 5 aromatic carbocycles. The lowest BCUT2D eigenvalue weighted by molar-refractivity contribution is -0.143. The van der Waals surface area contributed by atoms with Crippen LogP contribution in [0.3, 0.4) is 0 Å². The molecule has 0 bridgehead atoms. The second-order valence-corrected chi connectivity index (χ2v) is 36.1. The van der Waals surface area contributed by atoms with E-state index >= 15 is 0 Å². The van der Waals surface area contributed by atoms with E-state index in [4.69, 9.17) is 61.8 Å². The van der Waals surface area contributed by atoms with E-state index in [9.17, 15) is 68.4 Å². The van der Waals surface area contributed by atoms with Crippen molar-refractivity contribution < 1.29 is 83.8 Å². The van der Waals surface area contributed by atoms with Gasteiger partial charge in [0.1, 0.15) is 17.3 Å². The first-order valence-electron chi connectivity index (χ1n) is 39.3. The van der Waals surface area contributed by atoms with E-state index < -0.39 is 47.6 Å². The summed E-state index contributed by atoms with van der Waals surface area (Å²) >= 11 is 19.1.